The van der Waals surface area contributed by atoms with Crippen LogP contribution in [0.3, 0.4) is 0 Å². The van der Waals surface area contributed by atoms with Gasteiger partial charge in [0.1, 0.15) is 7.05 Å². The predicted molar refractivity (Wildman–Crippen MR) is 127 cm³/mol. The van der Waals surface area contributed by atoms with Gasteiger partial charge in [0.05, 0.1) is 16.8 Å². The molecule has 0 spiro atoms. The Balaban J connectivity index is 2.04. The standard InChI is InChI=1S/C28H31N2/c1-18(2)13-22-11-12-26(29-16-22)27-24-10-8-7-9-23(24)17-30(6)28(27)25-15-19(3)14-20(4)21(25)5/h7-12,14-18H,13H2,1-6H3/q+1. The first-order valence-corrected chi connectivity index (χ1v) is 10.8. The van der Waals surface area contributed by atoms with Gasteiger partial charge in [-0.15, -0.1) is 0 Å². The fourth-order valence-corrected chi connectivity index (χ4v) is 4.45. The molecule has 2 nitrogen and oxygen atoms in total. The monoisotopic (exact) mass is 395 g/mol. The van der Waals surface area contributed by atoms with Gasteiger partial charge in [0.2, 0.25) is 5.69 Å². The highest BCUT2D eigenvalue weighted by molar-refractivity contribution is 6.00. The summed E-state index contributed by atoms with van der Waals surface area (Å²) in [6, 6.07) is 17.6. The van der Waals surface area contributed by atoms with E-state index in [9.17, 15) is 0 Å². The van der Waals surface area contributed by atoms with Crippen molar-refractivity contribution in [3.05, 3.63) is 83.2 Å². The largest absolute Gasteiger partial charge is 0.256 e. The first-order chi connectivity index (χ1) is 14.3. The fraction of sp³-hybridized carbons (Fsp3) is 0.286. The Labute approximate surface area is 180 Å². The van der Waals surface area contributed by atoms with E-state index in [-0.39, 0.29) is 0 Å². The highest BCUT2D eigenvalue weighted by Gasteiger charge is 2.24. The molecule has 2 heterocycles. The molecule has 152 valence electrons. The minimum absolute atomic E-state index is 0.626. The first kappa shape index (κ1) is 20.3. The molecule has 0 aliphatic carbocycles. The second-order valence-corrected chi connectivity index (χ2v) is 8.95. The van der Waals surface area contributed by atoms with Gasteiger partial charge in [-0.05, 0) is 68.0 Å². The van der Waals surface area contributed by atoms with Crippen LogP contribution in [0.1, 0.15) is 36.1 Å². The van der Waals surface area contributed by atoms with Crippen molar-refractivity contribution in [3.8, 4) is 22.5 Å². The van der Waals surface area contributed by atoms with E-state index in [0.717, 1.165) is 12.1 Å². The molecule has 4 rings (SSSR count). The topological polar surface area (TPSA) is 16.8 Å². The molecule has 2 heteroatoms. The van der Waals surface area contributed by atoms with Gasteiger partial charge in [-0.1, -0.05) is 49.7 Å². The lowest BCUT2D eigenvalue weighted by atomic mass is 9.91. The van der Waals surface area contributed by atoms with Gasteiger partial charge in [0.15, 0.2) is 6.20 Å². The van der Waals surface area contributed by atoms with E-state index >= 15 is 0 Å². The molecule has 0 saturated heterocycles. The smallest absolute Gasteiger partial charge is 0.222 e. The number of aromatic nitrogens is 2. The van der Waals surface area contributed by atoms with Gasteiger partial charge in [-0.25, -0.2) is 0 Å². The molecule has 0 radical (unpaired) electrons. The van der Waals surface area contributed by atoms with Gasteiger partial charge in [-0.3, -0.25) is 4.98 Å². The summed E-state index contributed by atoms with van der Waals surface area (Å²) in [5.74, 6) is 0.626. The number of fused-ring (bicyclic) bond motifs is 1. The molecule has 0 saturated carbocycles. The van der Waals surface area contributed by atoms with Gasteiger partial charge >= 0.3 is 0 Å². The van der Waals surface area contributed by atoms with Crippen molar-refractivity contribution in [2.75, 3.05) is 0 Å². The van der Waals surface area contributed by atoms with Crippen LogP contribution in [0.25, 0.3) is 33.3 Å². The minimum Gasteiger partial charge on any atom is -0.256 e. The van der Waals surface area contributed by atoms with Crippen molar-refractivity contribution in [2.45, 2.75) is 41.0 Å². The quantitative estimate of drug-likeness (QED) is 0.360. The van der Waals surface area contributed by atoms with Crippen molar-refractivity contribution >= 4 is 10.8 Å². The second kappa shape index (κ2) is 8.02. The van der Waals surface area contributed by atoms with Gasteiger partial charge in [-0.2, -0.15) is 4.57 Å². The number of aryl methyl sites for hydroxylation is 3. The highest BCUT2D eigenvalue weighted by atomic mass is 14.9. The molecule has 0 N–H and O–H groups in total. The van der Waals surface area contributed by atoms with Crippen LogP contribution in [0.5, 0.6) is 0 Å². The van der Waals surface area contributed by atoms with Crippen molar-refractivity contribution < 1.29 is 4.57 Å². The van der Waals surface area contributed by atoms with Gasteiger partial charge < -0.3 is 0 Å². The van der Waals surface area contributed by atoms with Crippen LogP contribution < -0.4 is 4.57 Å². The Morgan fingerprint density at radius 2 is 1.73 bits per heavy atom. The predicted octanol–water partition coefficient (Wildman–Crippen LogP) is 6.52. The zero-order valence-electron chi connectivity index (χ0n) is 19.0. The van der Waals surface area contributed by atoms with E-state index in [2.05, 4.69) is 107 Å². The zero-order valence-corrected chi connectivity index (χ0v) is 19.0. The normalized spacial score (nSPS) is 11.4. The van der Waals surface area contributed by atoms with Crippen molar-refractivity contribution in [2.24, 2.45) is 13.0 Å². The van der Waals surface area contributed by atoms with Crippen LogP contribution in [-0.2, 0) is 13.5 Å². The molecule has 0 aliphatic rings. The van der Waals surface area contributed by atoms with Crippen molar-refractivity contribution in [1.82, 2.24) is 4.98 Å². The van der Waals surface area contributed by atoms with Crippen LogP contribution in [0, 0.1) is 26.7 Å². The molecule has 2 aromatic carbocycles. The number of pyridine rings is 2. The Morgan fingerprint density at radius 3 is 2.43 bits per heavy atom. The van der Waals surface area contributed by atoms with Crippen LogP contribution in [0.4, 0.5) is 0 Å². The summed E-state index contributed by atoms with van der Waals surface area (Å²) in [4.78, 5) is 4.94. The maximum absolute atomic E-state index is 4.94. The number of benzene rings is 2. The summed E-state index contributed by atoms with van der Waals surface area (Å²) in [5, 5.41) is 2.47. The minimum atomic E-state index is 0.626. The lowest BCUT2D eigenvalue weighted by molar-refractivity contribution is -0.658. The molecule has 0 fully saturated rings. The summed E-state index contributed by atoms with van der Waals surface area (Å²) >= 11 is 0. The number of hydrogen-bond donors (Lipinski definition) is 0. The Kier molecular flexibility index (Phi) is 5.42. The van der Waals surface area contributed by atoms with Crippen LogP contribution in [0.15, 0.2) is 60.9 Å². The number of rotatable bonds is 4. The molecule has 0 atom stereocenters. The molecule has 4 aromatic rings. The molecule has 2 aromatic heterocycles. The summed E-state index contributed by atoms with van der Waals surface area (Å²) in [6.45, 7) is 11.1. The van der Waals surface area contributed by atoms with Crippen LogP contribution in [0.2, 0.25) is 0 Å². The first-order valence-electron chi connectivity index (χ1n) is 10.8. The third-order valence-electron chi connectivity index (χ3n) is 5.94. The highest BCUT2D eigenvalue weighted by Crippen LogP contribution is 2.37. The van der Waals surface area contributed by atoms with E-state index < -0.39 is 0 Å². The lowest BCUT2D eigenvalue weighted by Gasteiger charge is -2.15. The lowest BCUT2D eigenvalue weighted by Crippen LogP contribution is -2.32. The zero-order chi connectivity index (χ0) is 21.4. The van der Waals surface area contributed by atoms with Gasteiger partial charge in [0.25, 0.3) is 0 Å². The summed E-state index contributed by atoms with van der Waals surface area (Å²) in [6.07, 6.45) is 5.34. The molecule has 30 heavy (non-hydrogen) atoms. The SMILES string of the molecule is Cc1cc(C)c(C)c(-c2c(-c3ccc(CC(C)C)cn3)c3ccccc3c[n+]2C)c1. The van der Waals surface area contributed by atoms with E-state index in [1.807, 2.05) is 0 Å². The fourth-order valence-electron chi connectivity index (χ4n) is 4.45. The van der Waals surface area contributed by atoms with Gasteiger partial charge in [0, 0.05) is 17.0 Å². The average molecular weight is 396 g/mol. The van der Waals surface area contributed by atoms with E-state index in [1.165, 1.54) is 49.8 Å². The Morgan fingerprint density at radius 1 is 0.967 bits per heavy atom. The summed E-state index contributed by atoms with van der Waals surface area (Å²) in [7, 11) is 2.15. The Bertz CT molecular complexity index is 1220. The van der Waals surface area contributed by atoms with E-state index in [0.29, 0.717) is 5.92 Å². The molecular weight excluding hydrogens is 364 g/mol. The molecule has 0 unspecified atom stereocenters. The molecule has 0 bridgehead atoms. The number of nitrogens with zero attached hydrogens (tertiary/aromatic N) is 2. The third-order valence-corrected chi connectivity index (χ3v) is 5.94. The third kappa shape index (κ3) is 3.75. The van der Waals surface area contributed by atoms with Crippen molar-refractivity contribution in [3.63, 3.8) is 0 Å². The molecule has 0 amide bonds. The van der Waals surface area contributed by atoms with E-state index in [1.54, 1.807) is 0 Å². The van der Waals surface area contributed by atoms with Crippen molar-refractivity contribution in [1.29, 1.82) is 0 Å². The molecular formula is C28H31N2+. The Hall–Kier alpha value is -3.00. The maximum Gasteiger partial charge on any atom is 0.222 e. The van der Waals surface area contributed by atoms with Crippen LogP contribution >= 0.6 is 0 Å². The summed E-state index contributed by atoms with van der Waals surface area (Å²) in [5.41, 5.74) is 9.97. The average Bonchev–Trinajstić information content (AvgIpc) is 2.70. The molecule has 0 aliphatic heterocycles. The maximum atomic E-state index is 4.94. The summed E-state index contributed by atoms with van der Waals surface area (Å²) < 4.78 is 2.27. The van der Waals surface area contributed by atoms with E-state index in [4.69, 9.17) is 4.98 Å². The van der Waals surface area contributed by atoms with Crippen LogP contribution in [-0.4, -0.2) is 4.98 Å². The second-order valence-electron chi connectivity index (χ2n) is 8.95. The number of hydrogen-bond acceptors (Lipinski definition) is 1.